The Morgan fingerprint density at radius 2 is 1.91 bits per heavy atom. The number of nitrogens with zero attached hydrogens (tertiary/aromatic N) is 2. The van der Waals surface area contributed by atoms with Gasteiger partial charge in [0.2, 0.25) is 0 Å². The van der Waals surface area contributed by atoms with E-state index in [2.05, 4.69) is 11.0 Å². The predicted molar refractivity (Wildman–Crippen MR) is 131 cm³/mol. The summed E-state index contributed by atoms with van der Waals surface area (Å²) in [6, 6.07) is 14.5. The summed E-state index contributed by atoms with van der Waals surface area (Å²) < 4.78 is 15.4. The maximum atomic E-state index is 13.0. The second-order valence-corrected chi connectivity index (χ2v) is 8.27. The molecule has 0 radical (unpaired) electrons. The molecular formula is C27H34N2O6. The fourth-order valence-electron chi connectivity index (χ4n) is 3.94. The lowest BCUT2D eigenvalue weighted by atomic mass is 9.77. The summed E-state index contributed by atoms with van der Waals surface area (Å²) >= 11 is 0. The van der Waals surface area contributed by atoms with E-state index < -0.39 is 11.4 Å². The van der Waals surface area contributed by atoms with Crippen LogP contribution in [0, 0.1) is 11.3 Å². The van der Waals surface area contributed by atoms with E-state index in [1.807, 2.05) is 25.2 Å². The van der Waals surface area contributed by atoms with Gasteiger partial charge in [-0.05, 0) is 69.1 Å². The summed E-state index contributed by atoms with van der Waals surface area (Å²) in [6.07, 6.45) is 1.59. The van der Waals surface area contributed by atoms with E-state index in [0.29, 0.717) is 35.4 Å². The Balaban J connectivity index is 2.10. The van der Waals surface area contributed by atoms with Crippen LogP contribution in [-0.2, 0) is 32.7 Å². The first-order chi connectivity index (χ1) is 16.8. The average molecular weight is 483 g/mol. The van der Waals surface area contributed by atoms with Crippen LogP contribution in [0.4, 0.5) is 0 Å². The minimum atomic E-state index is -1.48. The van der Waals surface area contributed by atoms with Crippen molar-refractivity contribution in [3.63, 3.8) is 0 Å². The highest BCUT2D eigenvalue weighted by Gasteiger charge is 2.42. The summed E-state index contributed by atoms with van der Waals surface area (Å²) in [5, 5.41) is 19.7. The monoisotopic (exact) mass is 482 g/mol. The molecular weight excluding hydrogens is 448 g/mol. The second-order valence-electron chi connectivity index (χ2n) is 8.27. The van der Waals surface area contributed by atoms with Gasteiger partial charge in [-0.3, -0.25) is 0 Å². The van der Waals surface area contributed by atoms with Crippen LogP contribution in [0.3, 0.4) is 0 Å². The molecule has 1 unspecified atom stereocenters. The average Bonchev–Trinajstić information content (AvgIpc) is 2.89. The third kappa shape index (κ3) is 7.04. The van der Waals surface area contributed by atoms with Crippen molar-refractivity contribution in [1.82, 2.24) is 4.90 Å². The van der Waals surface area contributed by atoms with E-state index in [4.69, 9.17) is 14.2 Å². The number of methoxy groups -OCH3 is 2. The number of rotatable bonds is 13. The predicted octanol–water partition coefficient (Wildman–Crippen LogP) is 3.25. The zero-order chi connectivity index (χ0) is 25.8. The molecule has 0 bridgehead atoms. The standard InChI is InChI=1S/C27H34N2O6/c1-5-35-26(32)27(19-28,23-11-10-22(18-30)24(17-23)33-3)13-7-14-29(2)15-12-20-8-6-9-21(16-20)25(31)34-4/h6,8-11,16-17,30H,5,7,12-15,18H2,1-4H3. The first-order valence-corrected chi connectivity index (χ1v) is 11.6. The topological polar surface area (TPSA) is 109 Å². The molecule has 0 spiro atoms. The van der Waals surface area contributed by atoms with Crippen molar-refractivity contribution in [2.75, 3.05) is 41.0 Å². The molecule has 1 N–H and O–H groups in total. The lowest BCUT2D eigenvalue weighted by molar-refractivity contribution is -0.148. The third-order valence-electron chi connectivity index (χ3n) is 5.99. The van der Waals surface area contributed by atoms with Gasteiger partial charge >= 0.3 is 11.9 Å². The van der Waals surface area contributed by atoms with Crippen molar-refractivity contribution in [3.05, 3.63) is 64.7 Å². The molecule has 0 heterocycles. The minimum absolute atomic E-state index is 0.165. The van der Waals surface area contributed by atoms with E-state index in [-0.39, 0.29) is 25.6 Å². The highest BCUT2D eigenvalue weighted by molar-refractivity contribution is 5.89. The molecule has 0 saturated carbocycles. The van der Waals surface area contributed by atoms with E-state index in [0.717, 1.165) is 18.5 Å². The number of carbonyl (C=O) groups is 2. The number of likely N-dealkylation sites (N-methyl/N-ethyl adjacent to an activating group) is 1. The number of carbonyl (C=O) groups excluding carboxylic acids is 2. The molecule has 2 aromatic carbocycles. The Morgan fingerprint density at radius 3 is 2.54 bits per heavy atom. The summed E-state index contributed by atoms with van der Waals surface area (Å²) in [7, 11) is 4.81. The second kappa shape index (κ2) is 13.5. The summed E-state index contributed by atoms with van der Waals surface area (Å²) in [6.45, 7) is 3.06. The van der Waals surface area contributed by atoms with Crippen LogP contribution in [0.25, 0.3) is 0 Å². The molecule has 0 aliphatic heterocycles. The van der Waals surface area contributed by atoms with Gasteiger partial charge < -0.3 is 24.2 Å². The van der Waals surface area contributed by atoms with Crippen molar-refractivity contribution in [2.45, 2.75) is 38.2 Å². The van der Waals surface area contributed by atoms with Gasteiger partial charge in [0.15, 0.2) is 5.41 Å². The van der Waals surface area contributed by atoms with Crippen molar-refractivity contribution in [2.24, 2.45) is 0 Å². The lowest BCUT2D eigenvalue weighted by Crippen LogP contribution is -2.37. The Kier molecular flexibility index (Phi) is 10.7. The first kappa shape index (κ1) is 27.8. The fourth-order valence-corrected chi connectivity index (χ4v) is 3.94. The lowest BCUT2D eigenvalue weighted by Gasteiger charge is -2.27. The number of aliphatic hydroxyl groups excluding tert-OH is 1. The van der Waals surface area contributed by atoms with Crippen molar-refractivity contribution < 1.29 is 28.9 Å². The van der Waals surface area contributed by atoms with Crippen molar-refractivity contribution in [3.8, 4) is 11.8 Å². The van der Waals surface area contributed by atoms with Gasteiger partial charge in [0, 0.05) is 12.1 Å². The van der Waals surface area contributed by atoms with Gasteiger partial charge in [-0.25, -0.2) is 9.59 Å². The molecule has 2 aromatic rings. The zero-order valence-corrected chi connectivity index (χ0v) is 20.9. The quantitative estimate of drug-likeness (QED) is 0.434. The maximum Gasteiger partial charge on any atom is 0.337 e. The van der Waals surface area contributed by atoms with Gasteiger partial charge in [-0.1, -0.05) is 24.3 Å². The molecule has 35 heavy (non-hydrogen) atoms. The maximum absolute atomic E-state index is 13.0. The summed E-state index contributed by atoms with van der Waals surface area (Å²) in [5.74, 6) is -0.542. The molecule has 2 rings (SSSR count). The van der Waals surface area contributed by atoms with E-state index in [1.165, 1.54) is 14.2 Å². The number of nitriles is 1. The highest BCUT2D eigenvalue weighted by atomic mass is 16.5. The number of esters is 2. The van der Waals surface area contributed by atoms with E-state index >= 15 is 0 Å². The van der Waals surface area contributed by atoms with Crippen LogP contribution in [0.5, 0.6) is 5.75 Å². The minimum Gasteiger partial charge on any atom is -0.496 e. The molecule has 0 aliphatic rings. The van der Waals surface area contributed by atoms with Crippen molar-refractivity contribution >= 4 is 11.9 Å². The van der Waals surface area contributed by atoms with E-state index in [9.17, 15) is 20.0 Å². The number of aliphatic hydroxyl groups is 1. The number of benzene rings is 2. The van der Waals surface area contributed by atoms with E-state index in [1.54, 1.807) is 31.2 Å². The molecule has 0 aliphatic carbocycles. The van der Waals surface area contributed by atoms with Crippen LogP contribution < -0.4 is 4.74 Å². The Labute approximate surface area is 207 Å². The fraction of sp³-hybridized carbons (Fsp3) is 0.444. The zero-order valence-electron chi connectivity index (χ0n) is 20.9. The van der Waals surface area contributed by atoms with Crippen LogP contribution in [0.2, 0.25) is 0 Å². The van der Waals surface area contributed by atoms with Crippen LogP contribution in [-0.4, -0.2) is 62.9 Å². The van der Waals surface area contributed by atoms with Gasteiger partial charge in [0.05, 0.1) is 39.1 Å². The SMILES string of the molecule is CCOC(=O)C(C#N)(CCCN(C)CCc1cccc(C(=O)OC)c1)c1ccc(CO)c(OC)c1. The Bertz CT molecular complexity index is 1050. The van der Waals surface area contributed by atoms with Crippen LogP contribution in [0.15, 0.2) is 42.5 Å². The van der Waals surface area contributed by atoms with Gasteiger partial charge in [0.1, 0.15) is 5.75 Å². The molecule has 8 heteroatoms. The summed E-state index contributed by atoms with van der Waals surface area (Å²) in [5.41, 5.74) is 1.11. The number of hydrogen-bond donors (Lipinski definition) is 1. The van der Waals surface area contributed by atoms with Crippen molar-refractivity contribution in [1.29, 1.82) is 5.26 Å². The largest absolute Gasteiger partial charge is 0.496 e. The number of hydrogen-bond acceptors (Lipinski definition) is 8. The molecule has 0 aromatic heterocycles. The first-order valence-electron chi connectivity index (χ1n) is 11.6. The molecule has 1 atom stereocenters. The highest BCUT2D eigenvalue weighted by Crippen LogP contribution is 2.34. The molecule has 0 fully saturated rings. The molecule has 188 valence electrons. The van der Waals surface area contributed by atoms with Gasteiger partial charge in [-0.15, -0.1) is 0 Å². The third-order valence-corrected chi connectivity index (χ3v) is 5.99. The Hall–Kier alpha value is -3.41. The molecule has 8 nitrogen and oxygen atoms in total. The summed E-state index contributed by atoms with van der Waals surface area (Å²) in [4.78, 5) is 26.8. The van der Waals surface area contributed by atoms with Crippen LogP contribution in [0.1, 0.15) is 46.8 Å². The van der Waals surface area contributed by atoms with Crippen LogP contribution >= 0.6 is 0 Å². The number of ether oxygens (including phenoxy) is 3. The smallest absolute Gasteiger partial charge is 0.337 e. The molecule has 0 amide bonds. The normalized spacial score (nSPS) is 12.5. The molecule has 0 saturated heterocycles. The van der Waals surface area contributed by atoms with Gasteiger partial charge in [0.25, 0.3) is 0 Å². The van der Waals surface area contributed by atoms with Gasteiger partial charge in [-0.2, -0.15) is 5.26 Å². The Morgan fingerprint density at radius 1 is 1.14 bits per heavy atom.